The summed E-state index contributed by atoms with van der Waals surface area (Å²) in [7, 11) is 3.92. The lowest BCUT2D eigenvalue weighted by Crippen LogP contribution is -2.37. The maximum absolute atomic E-state index is 5.76. The summed E-state index contributed by atoms with van der Waals surface area (Å²) in [6, 6.07) is 1.98. The Labute approximate surface area is 123 Å². The SMILES string of the molecule is CN(C)c1nccc(N2CCC(OCCBr)CC2)n1. The molecule has 0 spiro atoms. The van der Waals surface area contributed by atoms with Gasteiger partial charge in [0.25, 0.3) is 0 Å². The summed E-state index contributed by atoms with van der Waals surface area (Å²) in [5.41, 5.74) is 0. The third-order valence-electron chi connectivity index (χ3n) is 3.22. The highest BCUT2D eigenvalue weighted by Gasteiger charge is 2.20. The van der Waals surface area contributed by atoms with Crippen LogP contribution in [0, 0.1) is 0 Å². The first kappa shape index (κ1) is 14.5. The van der Waals surface area contributed by atoms with Gasteiger partial charge in [0.1, 0.15) is 5.82 Å². The lowest BCUT2D eigenvalue weighted by Gasteiger charge is -2.32. The van der Waals surface area contributed by atoms with E-state index in [-0.39, 0.29) is 0 Å². The molecule has 1 fully saturated rings. The summed E-state index contributed by atoms with van der Waals surface area (Å²) in [4.78, 5) is 13.1. The fraction of sp³-hybridized carbons (Fsp3) is 0.692. The third kappa shape index (κ3) is 4.04. The second-order valence-electron chi connectivity index (χ2n) is 4.86. The lowest BCUT2D eigenvalue weighted by atomic mass is 10.1. The van der Waals surface area contributed by atoms with Gasteiger partial charge in [0.15, 0.2) is 0 Å². The van der Waals surface area contributed by atoms with Gasteiger partial charge >= 0.3 is 0 Å². The highest BCUT2D eigenvalue weighted by molar-refractivity contribution is 9.09. The number of nitrogens with zero attached hydrogens (tertiary/aromatic N) is 4. The van der Waals surface area contributed by atoms with Gasteiger partial charge < -0.3 is 14.5 Å². The Bertz CT molecular complexity index is 394. The van der Waals surface area contributed by atoms with E-state index in [1.807, 2.05) is 31.3 Å². The Morgan fingerprint density at radius 1 is 1.42 bits per heavy atom. The van der Waals surface area contributed by atoms with Crippen LogP contribution in [-0.2, 0) is 4.74 Å². The summed E-state index contributed by atoms with van der Waals surface area (Å²) < 4.78 is 5.76. The Morgan fingerprint density at radius 3 is 2.79 bits per heavy atom. The molecule has 0 aromatic carbocycles. The zero-order chi connectivity index (χ0) is 13.7. The third-order valence-corrected chi connectivity index (χ3v) is 3.55. The quantitative estimate of drug-likeness (QED) is 0.772. The van der Waals surface area contributed by atoms with Crippen LogP contribution in [0.1, 0.15) is 12.8 Å². The van der Waals surface area contributed by atoms with Crippen molar-refractivity contribution >= 4 is 27.7 Å². The van der Waals surface area contributed by atoms with Gasteiger partial charge in [0.05, 0.1) is 12.7 Å². The molecule has 0 saturated carbocycles. The molecule has 0 amide bonds. The van der Waals surface area contributed by atoms with E-state index in [1.54, 1.807) is 0 Å². The van der Waals surface area contributed by atoms with Crippen molar-refractivity contribution in [3.8, 4) is 0 Å². The second-order valence-corrected chi connectivity index (χ2v) is 5.65. The normalized spacial score (nSPS) is 16.7. The van der Waals surface area contributed by atoms with Crippen molar-refractivity contribution in [1.29, 1.82) is 0 Å². The first-order valence-electron chi connectivity index (χ1n) is 6.63. The van der Waals surface area contributed by atoms with E-state index in [0.29, 0.717) is 6.10 Å². The minimum absolute atomic E-state index is 0.393. The van der Waals surface area contributed by atoms with E-state index in [4.69, 9.17) is 4.74 Å². The zero-order valence-electron chi connectivity index (χ0n) is 11.5. The monoisotopic (exact) mass is 328 g/mol. The average Bonchev–Trinajstić information content (AvgIpc) is 2.46. The number of aromatic nitrogens is 2. The molecule has 19 heavy (non-hydrogen) atoms. The Balaban J connectivity index is 1.92. The van der Waals surface area contributed by atoms with Gasteiger partial charge in [0, 0.05) is 38.7 Å². The van der Waals surface area contributed by atoms with Crippen molar-refractivity contribution in [2.24, 2.45) is 0 Å². The Kier molecular flexibility index (Phi) is 5.39. The summed E-state index contributed by atoms with van der Waals surface area (Å²) >= 11 is 3.39. The van der Waals surface area contributed by atoms with E-state index >= 15 is 0 Å². The molecule has 2 heterocycles. The van der Waals surface area contributed by atoms with E-state index in [9.17, 15) is 0 Å². The van der Waals surface area contributed by atoms with E-state index in [2.05, 4.69) is 30.8 Å². The first-order chi connectivity index (χ1) is 9.20. The standard InChI is InChI=1S/C13H21BrN4O/c1-17(2)13-15-7-3-12(16-13)18-8-4-11(5-9-18)19-10-6-14/h3,7,11H,4-6,8-10H2,1-2H3. The molecule has 2 rings (SSSR count). The molecule has 0 unspecified atom stereocenters. The van der Waals surface area contributed by atoms with Gasteiger partial charge in [-0.05, 0) is 18.9 Å². The molecule has 1 aromatic rings. The Morgan fingerprint density at radius 2 is 2.16 bits per heavy atom. The van der Waals surface area contributed by atoms with Crippen LogP contribution >= 0.6 is 15.9 Å². The number of halogens is 1. The van der Waals surface area contributed by atoms with Gasteiger partial charge in [-0.1, -0.05) is 15.9 Å². The minimum atomic E-state index is 0.393. The molecule has 1 saturated heterocycles. The predicted molar refractivity (Wildman–Crippen MR) is 81.3 cm³/mol. The molecular formula is C13H21BrN4O. The molecule has 1 aromatic heterocycles. The van der Waals surface area contributed by atoms with Crippen LogP contribution in [0.3, 0.4) is 0 Å². The topological polar surface area (TPSA) is 41.5 Å². The highest BCUT2D eigenvalue weighted by Crippen LogP contribution is 2.20. The molecule has 0 N–H and O–H groups in total. The van der Waals surface area contributed by atoms with Gasteiger partial charge in [-0.25, -0.2) is 4.98 Å². The van der Waals surface area contributed by atoms with Gasteiger partial charge in [-0.2, -0.15) is 4.98 Å². The summed E-state index contributed by atoms with van der Waals surface area (Å²) in [6.07, 6.45) is 4.34. The first-order valence-corrected chi connectivity index (χ1v) is 7.75. The van der Waals surface area contributed by atoms with Crippen molar-refractivity contribution in [3.63, 3.8) is 0 Å². The van der Waals surface area contributed by atoms with E-state index < -0.39 is 0 Å². The van der Waals surface area contributed by atoms with Crippen molar-refractivity contribution in [1.82, 2.24) is 9.97 Å². The van der Waals surface area contributed by atoms with Crippen molar-refractivity contribution in [3.05, 3.63) is 12.3 Å². The summed E-state index contributed by atoms with van der Waals surface area (Å²) in [5.74, 6) is 1.77. The lowest BCUT2D eigenvalue weighted by molar-refractivity contribution is 0.0480. The Hall–Kier alpha value is -0.880. The average molecular weight is 329 g/mol. The predicted octanol–water partition coefficient (Wildman–Crippen LogP) is 1.92. The fourth-order valence-corrected chi connectivity index (χ4v) is 2.38. The van der Waals surface area contributed by atoms with E-state index in [1.165, 1.54) is 0 Å². The number of piperidine rings is 1. The van der Waals surface area contributed by atoms with Crippen molar-refractivity contribution in [2.75, 3.05) is 48.9 Å². The number of hydrogen-bond acceptors (Lipinski definition) is 5. The molecule has 106 valence electrons. The smallest absolute Gasteiger partial charge is 0.226 e. The maximum atomic E-state index is 5.76. The van der Waals surface area contributed by atoms with Crippen LogP contribution in [-0.4, -0.2) is 55.2 Å². The van der Waals surface area contributed by atoms with Crippen LogP contribution < -0.4 is 9.80 Å². The molecule has 6 heteroatoms. The molecular weight excluding hydrogens is 308 g/mol. The highest BCUT2D eigenvalue weighted by atomic mass is 79.9. The van der Waals surface area contributed by atoms with Crippen LogP contribution in [0.25, 0.3) is 0 Å². The minimum Gasteiger partial charge on any atom is -0.377 e. The van der Waals surface area contributed by atoms with Crippen LogP contribution in [0.2, 0.25) is 0 Å². The molecule has 0 atom stereocenters. The van der Waals surface area contributed by atoms with E-state index in [0.717, 1.165) is 49.6 Å². The summed E-state index contributed by atoms with van der Waals surface area (Å²) in [5, 5.41) is 0.908. The maximum Gasteiger partial charge on any atom is 0.226 e. The molecule has 0 radical (unpaired) electrons. The van der Waals surface area contributed by atoms with Crippen molar-refractivity contribution < 1.29 is 4.74 Å². The van der Waals surface area contributed by atoms with Crippen molar-refractivity contribution in [2.45, 2.75) is 18.9 Å². The number of hydrogen-bond donors (Lipinski definition) is 0. The van der Waals surface area contributed by atoms with Gasteiger partial charge in [-0.3, -0.25) is 0 Å². The molecule has 5 nitrogen and oxygen atoms in total. The number of rotatable bonds is 5. The number of alkyl halides is 1. The van der Waals surface area contributed by atoms with Gasteiger partial charge in [-0.15, -0.1) is 0 Å². The molecule has 1 aliphatic rings. The molecule has 1 aliphatic heterocycles. The largest absolute Gasteiger partial charge is 0.377 e. The molecule has 0 bridgehead atoms. The van der Waals surface area contributed by atoms with Crippen LogP contribution in [0.5, 0.6) is 0 Å². The van der Waals surface area contributed by atoms with Crippen LogP contribution in [0.15, 0.2) is 12.3 Å². The zero-order valence-corrected chi connectivity index (χ0v) is 13.1. The summed E-state index contributed by atoms with van der Waals surface area (Å²) in [6.45, 7) is 2.79. The second kappa shape index (κ2) is 7.05. The fourth-order valence-electron chi connectivity index (χ4n) is 2.19. The number of anilines is 2. The number of ether oxygens (including phenoxy) is 1. The van der Waals surface area contributed by atoms with Crippen LogP contribution in [0.4, 0.5) is 11.8 Å². The molecule has 0 aliphatic carbocycles. The van der Waals surface area contributed by atoms with Gasteiger partial charge in [0.2, 0.25) is 5.95 Å².